The van der Waals surface area contributed by atoms with Crippen LogP contribution in [-0.4, -0.2) is 26.2 Å². The van der Waals surface area contributed by atoms with Gasteiger partial charge in [0.15, 0.2) is 6.10 Å². The Hall–Kier alpha value is -2.69. The largest absolute Gasteiger partial charge is 0.497 e. The Morgan fingerprint density at radius 1 is 1.04 bits per heavy atom. The van der Waals surface area contributed by atoms with E-state index in [2.05, 4.69) is 5.32 Å². The van der Waals surface area contributed by atoms with Crippen molar-refractivity contribution in [2.75, 3.05) is 14.2 Å². The molecular formula is C19H23NO4. The minimum absolute atomic E-state index is 0.161. The summed E-state index contributed by atoms with van der Waals surface area (Å²) in [5.74, 6) is 1.89. The Labute approximate surface area is 142 Å². The average Bonchev–Trinajstić information content (AvgIpc) is 2.64. The normalized spacial score (nSPS) is 11.5. The van der Waals surface area contributed by atoms with Crippen molar-refractivity contribution < 1.29 is 19.0 Å². The fraction of sp³-hybridized carbons (Fsp3) is 0.316. The van der Waals surface area contributed by atoms with Gasteiger partial charge in [0.2, 0.25) is 0 Å². The molecule has 2 aromatic rings. The van der Waals surface area contributed by atoms with Crippen LogP contribution < -0.4 is 19.5 Å². The molecule has 0 unspecified atom stereocenters. The molecule has 128 valence electrons. The fourth-order valence-corrected chi connectivity index (χ4v) is 2.31. The van der Waals surface area contributed by atoms with E-state index in [1.165, 1.54) is 0 Å². The Balaban J connectivity index is 1.98. The van der Waals surface area contributed by atoms with Crippen LogP contribution in [0.15, 0.2) is 48.5 Å². The van der Waals surface area contributed by atoms with Gasteiger partial charge in [-0.05, 0) is 24.6 Å². The van der Waals surface area contributed by atoms with Gasteiger partial charge in [0, 0.05) is 18.2 Å². The summed E-state index contributed by atoms with van der Waals surface area (Å²) in [6, 6.07) is 14.8. The van der Waals surface area contributed by atoms with Crippen molar-refractivity contribution in [1.29, 1.82) is 0 Å². The number of rotatable bonds is 8. The van der Waals surface area contributed by atoms with E-state index in [1.54, 1.807) is 26.4 Å². The van der Waals surface area contributed by atoms with Crippen LogP contribution >= 0.6 is 0 Å². The lowest BCUT2D eigenvalue weighted by atomic mass is 10.2. The average molecular weight is 329 g/mol. The monoisotopic (exact) mass is 329 g/mol. The van der Waals surface area contributed by atoms with E-state index in [-0.39, 0.29) is 5.91 Å². The number of para-hydroxylation sites is 1. The highest BCUT2D eigenvalue weighted by atomic mass is 16.5. The molecule has 2 aromatic carbocycles. The van der Waals surface area contributed by atoms with Gasteiger partial charge in [-0.2, -0.15) is 0 Å². The molecule has 0 bridgehead atoms. The van der Waals surface area contributed by atoms with E-state index in [4.69, 9.17) is 14.2 Å². The van der Waals surface area contributed by atoms with Crippen molar-refractivity contribution >= 4 is 5.91 Å². The summed E-state index contributed by atoms with van der Waals surface area (Å²) in [6.45, 7) is 2.30. The molecule has 0 saturated heterocycles. The molecule has 5 nitrogen and oxygen atoms in total. The first-order valence-electron chi connectivity index (χ1n) is 7.88. The number of ether oxygens (including phenoxy) is 3. The number of methoxy groups -OCH3 is 2. The maximum absolute atomic E-state index is 12.4. The summed E-state index contributed by atoms with van der Waals surface area (Å²) in [5.41, 5.74) is 0.921. The molecular weight excluding hydrogens is 306 g/mol. The van der Waals surface area contributed by atoms with Gasteiger partial charge in [-0.1, -0.05) is 31.2 Å². The minimum Gasteiger partial charge on any atom is -0.497 e. The van der Waals surface area contributed by atoms with E-state index in [9.17, 15) is 4.79 Å². The molecule has 0 aliphatic heterocycles. The number of carbonyl (C=O) groups excluding carboxylic acids is 1. The zero-order chi connectivity index (χ0) is 17.4. The van der Waals surface area contributed by atoms with Crippen molar-refractivity contribution in [3.8, 4) is 17.2 Å². The topological polar surface area (TPSA) is 56.8 Å². The lowest BCUT2D eigenvalue weighted by Gasteiger charge is -2.18. The van der Waals surface area contributed by atoms with Crippen LogP contribution in [-0.2, 0) is 11.3 Å². The third-order valence-electron chi connectivity index (χ3n) is 3.63. The summed E-state index contributed by atoms with van der Waals surface area (Å²) < 4.78 is 16.2. The molecule has 1 amide bonds. The van der Waals surface area contributed by atoms with Crippen molar-refractivity contribution in [3.63, 3.8) is 0 Å². The van der Waals surface area contributed by atoms with Crippen LogP contribution in [0.3, 0.4) is 0 Å². The number of benzene rings is 2. The Morgan fingerprint density at radius 3 is 2.50 bits per heavy atom. The van der Waals surface area contributed by atoms with Gasteiger partial charge in [0.05, 0.1) is 14.2 Å². The first kappa shape index (κ1) is 17.7. The van der Waals surface area contributed by atoms with Crippen molar-refractivity contribution in [2.24, 2.45) is 0 Å². The second kappa shape index (κ2) is 8.82. The molecule has 5 heteroatoms. The Kier molecular flexibility index (Phi) is 6.49. The molecule has 0 aliphatic carbocycles. The van der Waals surface area contributed by atoms with E-state index < -0.39 is 6.10 Å². The third kappa shape index (κ3) is 4.65. The SMILES string of the molecule is CC[C@@H](Oc1cccc(OC)c1)C(=O)NCc1ccccc1OC. The van der Waals surface area contributed by atoms with Gasteiger partial charge in [-0.15, -0.1) is 0 Å². The van der Waals surface area contributed by atoms with Gasteiger partial charge in [-0.3, -0.25) is 4.79 Å². The van der Waals surface area contributed by atoms with Crippen LogP contribution in [0, 0.1) is 0 Å². The van der Waals surface area contributed by atoms with E-state index >= 15 is 0 Å². The summed E-state index contributed by atoms with van der Waals surface area (Å²) in [6.07, 6.45) is 0.00132. The molecule has 1 atom stereocenters. The molecule has 0 fully saturated rings. The molecule has 0 aliphatic rings. The molecule has 0 heterocycles. The summed E-state index contributed by atoms with van der Waals surface area (Å²) >= 11 is 0. The summed E-state index contributed by atoms with van der Waals surface area (Å²) in [4.78, 5) is 12.4. The fourth-order valence-electron chi connectivity index (χ4n) is 2.31. The summed E-state index contributed by atoms with van der Waals surface area (Å²) in [7, 11) is 3.21. The second-order valence-electron chi connectivity index (χ2n) is 5.22. The highest BCUT2D eigenvalue weighted by molar-refractivity contribution is 5.81. The first-order chi connectivity index (χ1) is 11.7. The van der Waals surface area contributed by atoms with Crippen molar-refractivity contribution in [3.05, 3.63) is 54.1 Å². The second-order valence-corrected chi connectivity index (χ2v) is 5.22. The van der Waals surface area contributed by atoms with Crippen molar-refractivity contribution in [2.45, 2.75) is 26.0 Å². The molecule has 0 saturated carbocycles. The van der Waals surface area contributed by atoms with E-state index in [0.29, 0.717) is 24.5 Å². The maximum Gasteiger partial charge on any atom is 0.261 e. The van der Waals surface area contributed by atoms with Crippen molar-refractivity contribution in [1.82, 2.24) is 5.32 Å². The number of carbonyl (C=O) groups is 1. The standard InChI is InChI=1S/C19H23NO4/c1-4-17(24-16-10-7-9-15(12-16)22-2)19(21)20-13-14-8-5-6-11-18(14)23-3/h5-12,17H,4,13H2,1-3H3,(H,20,21)/t17-/m1/s1. The van der Waals surface area contributed by atoms with Gasteiger partial charge < -0.3 is 19.5 Å². The number of amides is 1. The molecule has 0 spiro atoms. The smallest absolute Gasteiger partial charge is 0.261 e. The summed E-state index contributed by atoms with van der Waals surface area (Å²) in [5, 5.41) is 2.90. The highest BCUT2D eigenvalue weighted by Gasteiger charge is 2.18. The van der Waals surface area contributed by atoms with Crippen LogP contribution in [0.5, 0.6) is 17.2 Å². The Bertz CT molecular complexity index is 672. The van der Waals surface area contributed by atoms with Gasteiger partial charge in [-0.25, -0.2) is 0 Å². The van der Waals surface area contributed by atoms with Crippen LogP contribution in [0.1, 0.15) is 18.9 Å². The lowest BCUT2D eigenvalue weighted by molar-refractivity contribution is -0.128. The number of hydrogen-bond donors (Lipinski definition) is 1. The zero-order valence-electron chi connectivity index (χ0n) is 14.2. The third-order valence-corrected chi connectivity index (χ3v) is 3.63. The highest BCUT2D eigenvalue weighted by Crippen LogP contribution is 2.21. The first-order valence-corrected chi connectivity index (χ1v) is 7.88. The minimum atomic E-state index is -0.563. The molecule has 0 radical (unpaired) electrons. The molecule has 2 rings (SSSR count). The van der Waals surface area contributed by atoms with Crippen LogP contribution in [0.25, 0.3) is 0 Å². The quantitative estimate of drug-likeness (QED) is 0.808. The molecule has 0 aromatic heterocycles. The number of hydrogen-bond acceptors (Lipinski definition) is 4. The van der Waals surface area contributed by atoms with Gasteiger partial charge in [0.1, 0.15) is 17.2 Å². The van der Waals surface area contributed by atoms with Crippen LogP contribution in [0.4, 0.5) is 0 Å². The predicted octanol–water partition coefficient (Wildman–Crippen LogP) is 3.18. The van der Waals surface area contributed by atoms with E-state index in [1.807, 2.05) is 43.3 Å². The predicted molar refractivity (Wildman–Crippen MR) is 92.5 cm³/mol. The maximum atomic E-state index is 12.4. The van der Waals surface area contributed by atoms with Gasteiger partial charge >= 0.3 is 0 Å². The zero-order valence-corrected chi connectivity index (χ0v) is 14.2. The number of nitrogens with one attached hydrogen (secondary N) is 1. The van der Waals surface area contributed by atoms with Gasteiger partial charge in [0.25, 0.3) is 5.91 Å². The van der Waals surface area contributed by atoms with Crippen LogP contribution in [0.2, 0.25) is 0 Å². The molecule has 1 N–H and O–H groups in total. The lowest BCUT2D eigenvalue weighted by Crippen LogP contribution is -2.37. The van der Waals surface area contributed by atoms with E-state index in [0.717, 1.165) is 11.3 Å². The Morgan fingerprint density at radius 2 is 1.79 bits per heavy atom. The molecule has 24 heavy (non-hydrogen) atoms.